The molecule has 6 rings (SSSR count). The second-order valence-electron chi connectivity index (χ2n) is 8.65. The van der Waals surface area contributed by atoms with Crippen LogP contribution in [0.15, 0.2) is 29.1 Å². The van der Waals surface area contributed by atoms with E-state index in [4.69, 9.17) is 28.2 Å². The summed E-state index contributed by atoms with van der Waals surface area (Å²) in [5.74, 6) is 0.387. The van der Waals surface area contributed by atoms with Crippen molar-refractivity contribution in [1.29, 1.82) is 0 Å². The van der Waals surface area contributed by atoms with Gasteiger partial charge in [0.25, 0.3) is 5.56 Å². The first-order valence-electron chi connectivity index (χ1n) is 10.1. The minimum absolute atomic E-state index is 0.0108. The van der Waals surface area contributed by atoms with Crippen LogP contribution >= 0.6 is 23.2 Å². The molecule has 7 nitrogen and oxygen atoms in total. The molecule has 3 fully saturated rings. The van der Waals surface area contributed by atoms with E-state index in [1.54, 1.807) is 29.8 Å². The lowest BCUT2D eigenvalue weighted by atomic mass is 9.44. The van der Waals surface area contributed by atoms with E-state index in [0.29, 0.717) is 21.6 Å². The summed E-state index contributed by atoms with van der Waals surface area (Å²) in [5.41, 5.74) is 1.34. The summed E-state index contributed by atoms with van der Waals surface area (Å²) in [6.07, 6.45) is 3.23. The third kappa shape index (κ3) is 3.10. The van der Waals surface area contributed by atoms with Crippen molar-refractivity contribution in [2.45, 2.75) is 37.6 Å². The van der Waals surface area contributed by atoms with E-state index in [2.05, 4.69) is 10.3 Å². The van der Waals surface area contributed by atoms with Crippen molar-refractivity contribution >= 4 is 45.8 Å². The normalized spacial score (nSPS) is 22.5. The van der Waals surface area contributed by atoms with Gasteiger partial charge in [-0.1, -0.05) is 23.2 Å². The first-order chi connectivity index (χ1) is 14.7. The summed E-state index contributed by atoms with van der Waals surface area (Å²) in [4.78, 5) is 33.6. The summed E-state index contributed by atoms with van der Waals surface area (Å²) in [7, 11) is 1.77. The van der Waals surface area contributed by atoms with E-state index in [1.165, 1.54) is 6.07 Å². The van der Waals surface area contributed by atoms with Crippen molar-refractivity contribution in [2.75, 3.05) is 5.32 Å². The van der Waals surface area contributed by atoms with Crippen LogP contribution in [0.1, 0.15) is 54.1 Å². The number of carboxylic acid groups (broad SMARTS) is 1. The molecule has 3 aromatic rings. The SMILES string of the molecule is C[C@@H](Nc1ccc(Cl)nc1C(=O)O)c1cc(Cl)cc2c(=O)n(C)c(C34CC(C3)C4)nc12. The zero-order chi connectivity index (χ0) is 22.1. The van der Waals surface area contributed by atoms with Gasteiger partial charge in [0, 0.05) is 23.0 Å². The molecule has 0 saturated heterocycles. The number of hydrogen-bond acceptors (Lipinski definition) is 5. The number of halogens is 2. The average Bonchev–Trinajstić information content (AvgIpc) is 2.64. The Bertz CT molecular complexity index is 1300. The zero-order valence-electron chi connectivity index (χ0n) is 16.9. The Morgan fingerprint density at radius 2 is 1.97 bits per heavy atom. The van der Waals surface area contributed by atoms with E-state index in [1.807, 2.05) is 6.92 Å². The number of hydrogen-bond donors (Lipinski definition) is 2. The summed E-state index contributed by atoms with van der Waals surface area (Å²) in [6.45, 7) is 1.87. The van der Waals surface area contributed by atoms with Crippen molar-refractivity contribution in [3.63, 3.8) is 0 Å². The predicted molar refractivity (Wildman–Crippen MR) is 119 cm³/mol. The molecule has 9 heteroatoms. The molecule has 31 heavy (non-hydrogen) atoms. The molecule has 1 atom stereocenters. The molecular weight excluding hydrogens is 439 g/mol. The van der Waals surface area contributed by atoms with Gasteiger partial charge in [-0.3, -0.25) is 9.36 Å². The number of aromatic nitrogens is 3. The number of nitrogens with one attached hydrogen (secondary N) is 1. The molecule has 0 spiro atoms. The zero-order valence-corrected chi connectivity index (χ0v) is 18.5. The number of anilines is 1. The lowest BCUT2D eigenvalue weighted by molar-refractivity contribution is -0.0373. The molecular formula is C22H20Cl2N4O3. The molecule has 0 amide bonds. The van der Waals surface area contributed by atoms with Gasteiger partial charge in [-0.15, -0.1) is 0 Å². The molecule has 3 aliphatic rings. The van der Waals surface area contributed by atoms with Crippen LogP contribution in [0.2, 0.25) is 10.2 Å². The topological polar surface area (TPSA) is 97.1 Å². The van der Waals surface area contributed by atoms with Gasteiger partial charge in [0.1, 0.15) is 11.0 Å². The van der Waals surface area contributed by atoms with Gasteiger partial charge in [-0.05, 0) is 56.4 Å². The van der Waals surface area contributed by atoms with Gasteiger partial charge in [0.2, 0.25) is 0 Å². The van der Waals surface area contributed by atoms with Gasteiger partial charge in [0.05, 0.1) is 22.6 Å². The molecule has 160 valence electrons. The Hall–Kier alpha value is -2.64. The molecule has 0 unspecified atom stereocenters. The van der Waals surface area contributed by atoms with Crippen molar-refractivity contribution in [1.82, 2.24) is 14.5 Å². The number of carbonyl (C=O) groups is 1. The monoisotopic (exact) mass is 458 g/mol. The van der Waals surface area contributed by atoms with Crippen LogP contribution in [-0.2, 0) is 12.5 Å². The van der Waals surface area contributed by atoms with Gasteiger partial charge >= 0.3 is 5.97 Å². The summed E-state index contributed by atoms with van der Waals surface area (Å²) in [5, 5.41) is 13.6. The number of fused-ring (bicyclic) bond motifs is 1. The molecule has 1 aromatic carbocycles. The van der Waals surface area contributed by atoms with E-state index >= 15 is 0 Å². The van der Waals surface area contributed by atoms with Crippen LogP contribution < -0.4 is 10.9 Å². The predicted octanol–water partition coefficient (Wildman–Crippen LogP) is 4.56. The van der Waals surface area contributed by atoms with Crippen LogP contribution in [-0.4, -0.2) is 25.6 Å². The van der Waals surface area contributed by atoms with E-state index < -0.39 is 5.97 Å². The number of nitrogens with zero attached hydrogens (tertiary/aromatic N) is 3. The van der Waals surface area contributed by atoms with Crippen LogP contribution in [0.3, 0.4) is 0 Å². The van der Waals surface area contributed by atoms with E-state index in [-0.39, 0.29) is 27.9 Å². The highest BCUT2D eigenvalue weighted by Gasteiger charge is 2.59. The minimum Gasteiger partial charge on any atom is -0.476 e. The van der Waals surface area contributed by atoms with Crippen molar-refractivity contribution in [3.05, 3.63) is 61.9 Å². The van der Waals surface area contributed by atoms with Crippen molar-refractivity contribution < 1.29 is 9.90 Å². The van der Waals surface area contributed by atoms with Crippen LogP contribution in [0.5, 0.6) is 0 Å². The fourth-order valence-electron chi connectivity index (χ4n) is 4.95. The number of rotatable bonds is 5. The first-order valence-corrected chi connectivity index (χ1v) is 10.8. The van der Waals surface area contributed by atoms with Crippen molar-refractivity contribution in [2.24, 2.45) is 13.0 Å². The second kappa shape index (κ2) is 6.93. The molecule has 0 aliphatic heterocycles. The maximum atomic E-state index is 13.2. The van der Waals surface area contributed by atoms with Crippen LogP contribution in [0.25, 0.3) is 10.9 Å². The number of pyridine rings is 1. The Morgan fingerprint density at radius 3 is 2.58 bits per heavy atom. The highest BCUT2D eigenvalue weighted by Crippen LogP contribution is 2.64. The third-order valence-electron chi connectivity index (χ3n) is 6.59. The molecule has 2 heterocycles. The molecule has 3 aliphatic carbocycles. The molecule has 2 aromatic heterocycles. The number of benzene rings is 1. The number of carboxylic acids is 1. The summed E-state index contributed by atoms with van der Waals surface area (Å²) >= 11 is 12.2. The Morgan fingerprint density at radius 1 is 1.26 bits per heavy atom. The standard InChI is InChI=1S/C22H20Cl2N4O3/c1-10(25-15-3-4-16(24)26-18(15)20(30)31)13-5-12(23)6-14-17(13)27-21(28(2)19(14)29)22-7-11(8-22)9-22/h3-6,10-11,25H,7-9H2,1-2H3,(H,30,31)/t10-,11?,22?/m1/s1. The Balaban J connectivity index is 1.63. The van der Waals surface area contributed by atoms with Crippen LogP contribution in [0, 0.1) is 5.92 Å². The van der Waals surface area contributed by atoms with Crippen LogP contribution in [0.4, 0.5) is 5.69 Å². The smallest absolute Gasteiger partial charge is 0.356 e. The third-order valence-corrected chi connectivity index (χ3v) is 7.02. The fourth-order valence-corrected chi connectivity index (χ4v) is 5.32. The molecule has 2 N–H and O–H groups in total. The Labute approximate surface area is 188 Å². The first kappa shape index (κ1) is 20.3. The highest BCUT2D eigenvalue weighted by molar-refractivity contribution is 6.31. The largest absolute Gasteiger partial charge is 0.476 e. The Kier molecular flexibility index (Phi) is 4.53. The minimum atomic E-state index is -1.19. The quantitative estimate of drug-likeness (QED) is 0.543. The summed E-state index contributed by atoms with van der Waals surface area (Å²) < 4.78 is 1.65. The van der Waals surface area contributed by atoms with Gasteiger partial charge in [-0.2, -0.15) is 0 Å². The fraction of sp³-hybridized carbons (Fsp3) is 0.364. The lowest BCUT2D eigenvalue weighted by Crippen LogP contribution is -2.57. The van der Waals surface area contributed by atoms with Gasteiger partial charge < -0.3 is 10.4 Å². The number of aromatic carboxylic acids is 1. The second-order valence-corrected chi connectivity index (χ2v) is 9.47. The highest BCUT2D eigenvalue weighted by atomic mass is 35.5. The maximum absolute atomic E-state index is 13.2. The molecule has 3 saturated carbocycles. The lowest BCUT2D eigenvalue weighted by Gasteiger charge is -2.61. The van der Waals surface area contributed by atoms with E-state index in [0.717, 1.165) is 36.6 Å². The summed E-state index contributed by atoms with van der Waals surface area (Å²) in [6, 6.07) is 6.11. The van der Waals surface area contributed by atoms with Gasteiger partial charge in [0.15, 0.2) is 5.69 Å². The molecule has 2 bridgehead atoms. The maximum Gasteiger partial charge on any atom is 0.356 e. The van der Waals surface area contributed by atoms with E-state index in [9.17, 15) is 14.7 Å². The molecule has 0 radical (unpaired) electrons. The van der Waals surface area contributed by atoms with Crippen molar-refractivity contribution in [3.8, 4) is 0 Å². The van der Waals surface area contributed by atoms with Gasteiger partial charge in [-0.25, -0.2) is 14.8 Å². The average molecular weight is 459 g/mol.